The second-order valence-corrected chi connectivity index (χ2v) is 3.46. The number of rotatable bonds is 2. The minimum absolute atomic E-state index is 0.0131. The molecule has 0 N–H and O–H groups in total. The molecule has 1 aromatic rings. The summed E-state index contributed by atoms with van der Waals surface area (Å²) < 4.78 is 5.25. The summed E-state index contributed by atoms with van der Waals surface area (Å²) in [4.78, 5) is 21.3. The molecule has 1 saturated heterocycles. The molecule has 1 amide bonds. The summed E-state index contributed by atoms with van der Waals surface area (Å²) in [6.45, 7) is 4.53. The molecule has 5 nitrogen and oxygen atoms in total. The number of carbonyl (C=O) groups is 1. The predicted octanol–water partition coefficient (Wildman–Crippen LogP) is 1.38. The maximum Gasteiger partial charge on any atom is 0.410 e. The smallest absolute Gasteiger partial charge is 0.410 e. The maximum atomic E-state index is 11.5. The van der Waals surface area contributed by atoms with Gasteiger partial charge in [0, 0.05) is 18.9 Å². The number of aromatic nitrogens is 2. The Morgan fingerprint density at radius 3 is 2.87 bits per heavy atom. The largest absolute Gasteiger partial charge is 0.437 e. The van der Waals surface area contributed by atoms with Crippen LogP contribution in [-0.2, 0) is 4.74 Å². The number of carbonyl (C=O) groups excluding carboxylic acids is 1. The van der Waals surface area contributed by atoms with Crippen molar-refractivity contribution >= 4 is 6.09 Å². The van der Waals surface area contributed by atoms with Crippen LogP contribution >= 0.6 is 0 Å². The molecule has 0 aromatic carbocycles. The first-order valence-corrected chi connectivity index (χ1v) is 4.97. The van der Waals surface area contributed by atoms with Crippen LogP contribution in [0.25, 0.3) is 0 Å². The number of hydrogen-bond donors (Lipinski definition) is 0. The van der Waals surface area contributed by atoms with Gasteiger partial charge >= 0.3 is 6.09 Å². The molecule has 2 rings (SSSR count). The van der Waals surface area contributed by atoms with Crippen molar-refractivity contribution in [2.45, 2.75) is 26.0 Å². The highest BCUT2D eigenvalue weighted by Gasteiger charge is 2.39. The van der Waals surface area contributed by atoms with E-state index in [9.17, 15) is 4.79 Å². The summed E-state index contributed by atoms with van der Waals surface area (Å²) in [6, 6.07) is 0.0131. The molecule has 0 aliphatic carbocycles. The van der Waals surface area contributed by atoms with Crippen molar-refractivity contribution in [3.8, 4) is 0 Å². The van der Waals surface area contributed by atoms with Gasteiger partial charge in [0.2, 0.25) is 0 Å². The van der Waals surface area contributed by atoms with Crippen LogP contribution in [0.5, 0.6) is 0 Å². The average Bonchev–Trinajstić information content (AvgIpc) is 2.55. The quantitative estimate of drug-likeness (QED) is 0.735. The van der Waals surface area contributed by atoms with Gasteiger partial charge in [-0.3, -0.25) is 9.97 Å². The van der Waals surface area contributed by atoms with E-state index in [-0.39, 0.29) is 18.2 Å². The van der Waals surface area contributed by atoms with Crippen molar-refractivity contribution in [3.63, 3.8) is 0 Å². The van der Waals surface area contributed by atoms with Crippen LogP contribution in [0.15, 0.2) is 18.6 Å². The standard InChI is InChI=1S/C10H13N3O2/c1-3-13-7(2)9(15-10(13)14)8-6-11-4-5-12-8/h4-7,9H,3H2,1-2H3/t7-,9-/m0/s1. The summed E-state index contributed by atoms with van der Waals surface area (Å²) in [5.74, 6) is 0. The van der Waals surface area contributed by atoms with Crippen LogP contribution in [0.2, 0.25) is 0 Å². The molecule has 0 radical (unpaired) electrons. The molecule has 5 heteroatoms. The van der Waals surface area contributed by atoms with E-state index in [1.165, 1.54) is 0 Å². The molecule has 0 saturated carbocycles. The van der Waals surface area contributed by atoms with E-state index < -0.39 is 0 Å². The molecule has 1 fully saturated rings. The first-order valence-electron chi connectivity index (χ1n) is 4.97. The van der Waals surface area contributed by atoms with Crippen LogP contribution in [0.4, 0.5) is 4.79 Å². The van der Waals surface area contributed by atoms with Gasteiger partial charge < -0.3 is 9.64 Å². The first-order chi connectivity index (χ1) is 7.24. The number of ether oxygens (including phenoxy) is 1. The number of hydrogen-bond acceptors (Lipinski definition) is 4. The van der Waals surface area contributed by atoms with Crippen LogP contribution in [0.1, 0.15) is 25.6 Å². The molecule has 0 bridgehead atoms. The molecule has 1 aliphatic heterocycles. The molecule has 1 aliphatic rings. The normalized spacial score (nSPS) is 25.5. The van der Waals surface area contributed by atoms with Gasteiger partial charge in [0.1, 0.15) is 5.69 Å². The van der Waals surface area contributed by atoms with Crippen molar-refractivity contribution in [3.05, 3.63) is 24.3 Å². The summed E-state index contributed by atoms with van der Waals surface area (Å²) >= 11 is 0. The fraction of sp³-hybridized carbons (Fsp3) is 0.500. The van der Waals surface area contributed by atoms with E-state index in [2.05, 4.69) is 9.97 Å². The topological polar surface area (TPSA) is 55.3 Å². The Bertz CT molecular complexity index is 355. The Morgan fingerprint density at radius 2 is 2.33 bits per heavy atom. The molecule has 80 valence electrons. The summed E-state index contributed by atoms with van der Waals surface area (Å²) in [6.07, 6.45) is 4.26. The fourth-order valence-corrected chi connectivity index (χ4v) is 1.79. The zero-order valence-corrected chi connectivity index (χ0v) is 8.75. The van der Waals surface area contributed by atoms with Crippen LogP contribution in [0.3, 0.4) is 0 Å². The highest BCUT2D eigenvalue weighted by molar-refractivity contribution is 5.70. The van der Waals surface area contributed by atoms with Gasteiger partial charge in [-0.15, -0.1) is 0 Å². The molecule has 0 spiro atoms. The third-order valence-electron chi connectivity index (χ3n) is 2.61. The molecule has 1 aromatic heterocycles. The molecular formula is C10H13N3O2. The van der Waals surface area contributed by atoms with Gasteiger partial charge in [0.15, 0.2) is 6.10 Å². The van der Waals surface area contributed by atoms with Crippen LogP contribution in [-0.4, -0.2) is 33.5 Å². The monoisotopic (exact) mass is 207 g/mol. The highest BCUT2D eigenvalue weighted by atomic mass is 16.6. The van der Waals surface area contributed by atoms with Crippen LogP contribution in [0, 0.1) is 0 Å². The van der Waals surface area contributed by atoms with Crippen molar-refractivity contribution < 1.29 is 9.53 Å². The minimum Gasteiger partial charge on any atom is -0.437 e. The predicted molar refractivity (Wildman–Crippen MR) is 53.1 cm³/mol. The Balaban J connectivity index is 2.23. The lowest BCUT2D eigenvalue weighted by molar-refractivity contribution is 0.128. The van der Waals surface area contributed by atoms with Crippen molar-refractivity contribution in [2.24, 2.45) is 0 Å². The molecule has 2 atom stereocenters. The van der Waals surface area contributed by atoms with Crippen molar-refractivity contribution in [1.29, 1.82) is 0 Å². The van der Waals surface area contributed by atoms with Gasteiger partial charge in [-0.25, -0.2) is 4.79 Å². The number of nitrogens with zero attached hydrogens (tertiary/aromatic N) is 3. The first kappa shape index (κ1) is 9.89. The second-order valence-electron chi connectivity index (χ2n) is 3.46. The number of amides is 1. The van der Waals surface area contributed by atoms with E-state index in [1.807, 2.05) is 13.8 Å². The van der Waals surface area contributed by atoms with Crippen LogP contribution < -0.4 is 0 Å². The van der Waals surface area contributed by atoms with E-state index in [1.54, 1.807) is 23.5 Å². The molecular weight excluding hydrogens is 194 g/mol. The molecule has 15 heavy (non-hydrogen) atoms. The average molecular weight is 207 g/mol. The molecule has 0 unspecified atom stereocenters. The summed E-state index contributed by atoms with van der Waals surface area (Å²) in [7, 11) is 0. The Labute approximate surface area is 88.1 Å². The van der Waals surface area contributed by atoms with E-state index in [4.69, 9.17) is 4.74 Å². The lowest BCUT2D eigenvalue weighted by Gasteiger charge is -2.17. The van der Waals surface area contributed by atoms with Crippen molar-refractivity contribution in [2.75, 3.05) is 6.54 Å². The Hall–Kier alpha value is -1.65. The number of likely N-dealkylation sites (N-methyl/N-ethyl adjacent to an activating group) is 1. The van der Waals surface area contributed by atoms with Gasteiger partial charge in [0.05, 0.1) is 12.2 Å². The van der Waals surface area contributed by atoms with Gasteiger partial charge in [-0.1, -0.05) is 0 Å². The Morgan fingerprint density at radius 1 is 1.53 bits per heavy atom. The zero-order valence-electron chi connectivity index (χ0n) is 8.75. The van der Waals surface area contributed by atoms with Crippen molar-refractivity contribution in [1.82, 2.24) is 14.9 Å². The second kappa shape index (κ2) is 3.84. The summed E-state index contributed by atoms with van der Waals surface area (Å²) in [5.41, 5.74) is 0.703. The minimum atomic E-state index is -0.300. The SMILES string of the molecule is CCN1C(=O)O[C@H](c2cnccn2)[C@@H]1C. The zero-order chi connectivity index (χ0) is 10.8. The molecule has 2 heterocycles. The van der Waals surface area contributed by atoms with E-state index >= 15 is 0 Å². The van der Waals surface area contributed by atoms with E-state index in [0.29, 0.717) is 12.2 Å². The Kier molecular flexibility index (Phi) is 2.53. The fourth-order valence-electron chi connectivity index (χ4n) is 1.79. The lowest BCUT2D eigenvalue weighted by Crippen LogP contribution is -2.31. The number of cyclic esters (lactones) is 1. The van der Waals surface area contributed by atoms with Gasteiger partial charge in [-0.05, 0) is 13.8 Å². The van der Waals surface area contributed by atoms with Gasteiger partial charge in [-0.2, -0.15) is 0 Å². The maximum absolute atomic E-state index is 11.5. The third kappa shape index (κ3) is 1.65. The third-order valence-corrected chi connectivity index (χ3v) is 2.61. The van der Waals surface area contributed by atoms with Gasteiger partial charge in [0.25, 0.3) is 0 Å². The lowest BCUT2D eigenvalue weighted by atomic mass is 10.1. The summed E-state index contributed by atoms with van der Waals surface area (Å²) in [5, 5.41) is 0. The highest BCUT2D eigenvalue weighted by Crippen LogP contribution is 2.30. The van der Waals surface area contributed by atoms with E-state index in [0.717, 1.165) is 0 Å².